The van der Waals surface area contributed by atoms with Crippen LogP contribution in [0.15, 0.2) is 65.0 Å². The van der Waals surface area contributed by atoms with Gasteiger partial charge in [0.2, 0.25) is 5.91 Å². The molecular weight excluding hydrogens is 334 g/mol. The van der Waals surface area contributed by atoms with Crippen LogP contribution in [0.2, 0.25) is 0 Å². The van der Waals surface area contributed by atoms with E-state index in [0.29, 0.717) is 11.9 Å². The fourth-order valence-corrected chi connectivity index (χ4v) is 3.55. The van der Waals surface area contributed by atoms with Crippen LogP contribution in [0.5, 0.6) is 0 Å². The summed E-state index contributed by atoms with van der Waals surface area (Å²) in [7, 11) is 0. The fraction of sp³-hybridized carbons (Fsp3) is 0.105. The molecule has 0 saturated heterocycles. The molecule has 0 aliphatic heterocycles. The molecule has 5 nitrogen and oxygen atoms in total. The van der Waals surface area contributed by atoms with E-state index in [1.165, 1.54) is 22.2 Å². The number of fused-ring (bicyclic) bond motifs is 2. The number of anilines is 1. The van der Waals surface area contributed by atoms with E-state index in [2.05, 4.69) is 10.3 Å². The molecule has 4 rings (SSSR count). The zero-order valence-electron chi connectivity index (χ0n) is 13.3. The zero-order chi connectivity index (χ0) is 17.2. The number of nitrogens with zero attached hydrogens (tertiary/aromatic N) is 2. The normalized spacial score (nSPS) is 11.0. The van der Waals surface area contributed by atoms with Crippen LogP contribution in [0, 0.1) is 0 Å². The first-order valence-corrected chi connectivity index (χ1v) is 8.80. The van der Waals surface area contributed by atoms with Gasteiger partial charge in [0, 0.05) is 24.0 Å². The van der Waals surface area contributed by atoms with Gasteiger partial charge in [-0.25, -0.2) is 4.98 Å². The number of carbonyl (C=O) groups is 1. The molecule has 0 atom stereocenters. The number of benzene rings is 2. The molecule has 0 bridgehead atoms. The fourth-order valence-electron chi connectivity index (χ4n) is 2.82. The molecule has 2 aromatic carbocycles. The maximum atomic E-state index is 12.3. The average molecular weight is 349 g/mol. The maximum Gasteiger partial charge on any atom is 0.262 e. The lowest BCUT2D eigenvalue weighted by Gasteiger charge is -2.09. The Morgan fingerprint density at radius 3 is 2.84 bits per heavy atom. The quantitative estimate of drug-likeness (QED) is 0.612. The van der Waals surface area contributed by atoms with Crippen LogP contribution in [-0.2, 0) is 11.3 Å². The largest absolute Gasteiger partial charge is 0.325 e. The van der Waals surface area contributed by atoms with E-state index < -0.39 is 0 Å². The summed E-state index contributed by atoms with van der Waals surface area (Å²) in [6.07, 6.45) is 1.72. The van der Waals surface area contributed by atoms with Crippen LogP contribution in [0.4, 0.5) is 5.69 Å². The highest BCUT2D eigenvalue weighted by Gasteiger charge is 2.09. The van der Waals surface area contributed by atoms with E-state index in [1.54, 1.807) is 6.07 Å². The Bertz CT molecular complexity index is 1120. The molecule has 0 aliphatic rings. The first-order chi connectivity index (χ1) is 12.2. The number of aryl methyl sites for hydroxylation is 1. The summed E-state index contributed by atoms with van der Waals surface area (Å²) in [6.45, 7) is 0.300. The molecular formula is C19H15N3O2S. The topological polar surface area (TPSA) is 64.0 Å². The number of hydrogen-bond acceptors (Lipinski definition) is 4. The summed E-state index contributed by atoms with van der Waals surface area (Å²) in [4.78, 5) is 29.6. The Morgan fingerprint density at radius 1 is 1.08 bits per heavy atom. The van der Waals surface area contributed by atoms with Gasteiger partial charge < -0.3 is 5.32 Å². The van der Waals surface area contributed by atoms with E-state index in [4.69, 9.17) is 0 Å². The number of aromatic nitrogens is 2. The third-order valence-corrected chi connectivity index (χ3v) is 4.91. The summed E-state index contributed by atoms with van der Waals surface area (Å²) < 4.78 is 1.48. The van der Waals surface area contributed by atoms with Crippen molar-refractivity contribution in [2.24, 2.45) is 0 Å². The second kappa shape index (κ2) is 6.49. The minimum absolute atomic E-state index is 0.107. The minimum atomic E-state index is -0.131. The van der Waals surface area contributed by atoms with Crippen LogP contribution < -0.4 is 10.9 Å². The van der Waals surface area contributed by atoms with Crippen LogP contribution in [0.3, 0.4) is 0 Å². The molecule has 6 heteroatoms. The first kappa shape index (κ1) is 15.5. The lowest BCUT2D eigenvalue weighted by atomic mass is 10.1. The minimum Gasteiger partial charge on any atom is -0.325 e. The molecule has 1 amide bonds. The summed E-state index contributed by atoms with van der Waals surface area (Å²) in [5.41, 5.74) is 0.672. The molecule has 0 radical (unpaired) electrons. The maximum absolute atomic E-state index is 12.3. The van der Waals surface area contributed by atoms with E-state index in [9.17, 15) is 9.59 Å². The summed E-state index contributed by atoms with van der Waals surface area (Å²) in [5, 5.41) is 7.45. The molecule has 2 aromatic heterocycles. The summed E-state index contributed by atoms with van der Waals surface area (Å²) in [6, 6.07) is 15.5. The van der Waals surface area contributed by atoms with Crippen LogP contribution in [-0.4, -0.2) is 15.5 Å². The van der Waals surface area contributed by atoms with Gasteiger partial charge >= 0.3 is 0 Å². The van der Waals surface area contributed by atoms with Gasteiger partial charge in [0.05, 0.1) is 11.7 Å². The highest BCUT2D eigenvalue weighted by atomic mass is 32.1. The first-order valence-electron chi connectivity index (χ1n) is 7.92. The molecule has 1 N–H and O–H groups in total. The van der Waals surface area contributed by atoms with E-state index in [-0.39, 0.29) is 17.9 Å². The van der Waals surface area contributed by atoms with Gasteiger partial charge in [-0.1, -0.05) is 36.4 Å². The highest BCUT2D eigenvalue weighted by molar-refractivity contribution is 7.16. The second-order valence-electron chi connectivity index (χ2n) is 5.71. The average Bonchev–Trinajstić information content (AvgIpc) is 3.11. The van der Waals surface area contributed by atoms with Gasteiger partial charge in [0.25, 0.3) is 5.56 Å². The van der Waals surface area contributed by atoms with Crippen molar-refractivity contribution >= 4 is 43.9 Å². The molecule has 0 aliphatic carbocycles. The Kier molecular flexibility index (Phi) is 4.03. The van der Waals surface area contributed by atoms with Crippen LogP contribution in [0.25, 0.3) is 21.0 Å². The second-order valence-corrected chi connectivity index (χ2v) is 6.60. The Hall–Kier alpha value is -2.99. The van der Waals surface area contributed by atoms with Gasteiger partial charge in [0.15, 0.2) is 0 Å². The number of nitrogens with one attached hydrogen (secondary N) is 1. The lowest BCUT2D eigenvalue weighted by molar-refractivity contribution is -0.116. The number of carbonyl (C=O) groups excluding carboxylic acids is 1. The van der Waals surface area contributed by atoms with Crippen LogP contribution in [0.1, 0.15) is 6.42 Å². The molecule has 0 unspecified atom stereocenters. The van der Waals surface area contributed by atoms with Crippen molar-refractivity contribution in [2.45, 2.75) is 13.0 Å². The lowest BCUT2D eigenvalue weighted by Crippen LogP contribution is -2.23. The molecule has 0 fully saturated rings. The Balaban J connectivity index is 1.50. The van der Waals surface area contributed by atoms with Gasteiger partial charge in [-0.15, -0.1) is 11.3 Å². The highest BCUT2D eigenvalue weighted by Crippen LogP contribution is 2.23. The van der Waals surface area contributed by atoms with Crippen molar-refractivity contribution in [3.05, 3.63) is 70.6 Å². The molecule has 4 aromatic rings. The third-order valence-electron chi connectivity index (χ3n) is 4.09. The van der Waals surface area contributed by atoms with Gasteiger partial charge in [0.1, 0.15) is 4.83 Å². The van der Waals surface area contributed by atoms with Crippen molar-refractivity contribution < 1.29 is 4.79 Å². The standard InChI is InChI=1S/C19H15N3O2S/c23-17(21-16-7-3-5-13-4-1-2-6-14(13)16)8-10-22-12-20-18-15(19(22)24)9-11-25-18/h1-7,9,11-12H,8,10H2,(H,21,23). The number of hydrogen-bond donors (Lipinski definition) is 1. The predicted octanol–water partition coefficient (Wildman–Crippen LogP) is 3.64. The summed E-state index contributed by atoms with van der Waals surface area (Å²) in [5.74, 6) is -0.131. The summed E-state index contributed by atoms with van der Waals surface area (Å²) >= 11 is 1.43. The number of rotatable bonds is 4. The molecule has 0 spiro atoms. The van der Waals surface area contributed by atoms with Gasteiger partial charge in [-0.2, -0.15) is 0 Å². The Labute approximate surface area is 147 Å². The molecule has 0 saturated carbocycles. The van der Waals surface area contributed by atoms with E-state index in [1.807, 2.05) is 47.8 Å². The van der Waals surface area contributed by atoms with Crippen molar-refractivity contribution in [3.63, 3.8) is 0 Å². The van der Waals surface area contributed by atoms with Crippen molar-refractivity contribution in [1.29, 1.82) is 0 Å². The van der Waals surface area contributed by atoms with Crippen LogP contribution >= 0.6 is 11.3 Å². The van der Waals surface area contributed by atoms with Gasteiger partial charge in [-0.05, 0) is 22.9 Å². The van der Waals surface area contributed by atoms with Gasteiger partial charge in [-0.3, -0.25) is 14.2 Å². The number of thiophene rings is 1. The van der Waals surface area contributed by atoms with E-state index in [0.717, 1.165) is 21.3 Å². The smallest absolute Gasteiger partial charge is 0.262 e. The SMILES string of the molecule is O=C(CCn1cnc2sccc2c1=O)Nc1cccc2ccccc12. The van der Waals surface area contributed by atoms with Crippen molar-refractivity contribution in [1.82, 2.24) is 9.55 Å². The van der Waals surface area contributed by atoms with E-state index >= 15 is 0 Å². The van der Waals surface area contributed by atoms with Crippen molar-refractivity contribution in [2.75, 3.05) is 5.32 Å². The third kappa shape index (κ3) is 3.04. The molecule has 25 heavy (non-hydrogen) atoms. The Morgan fingerprint density at radius 2 is 1.92 bits per heavy atom. The molecule has 124 valence electrons. The zero-order valence-corrected chi connectivity index (χ0v) is 14.1. The number of amides is 1. The monoisotopic (exact) mass is 349 g/mol. The predicted molar refractivity (Wildman–Crippen MR) is 101 cm³/mol. The van der Waals surface area contributed by atoms with Crippen molar-refractivity contribution in [3.8, 4) is 0 Å². The molecule has 2 heterocycles.